The summed E-state index contributed by atoms with van der Waals surface area (Å²) in [6.07, 6.45) is 4.35. The normalized spacial score (nSPS) is 17.9. The van der Waals surface area contributed by atoms with Crippen LogP contribution in [-0.2, 0) is 9.53 Å². The summed E-state index contributed by atoms with van der Waals surface area (Å²) in [5.41, 5.74) is 6.79. The molecule has 0 unspecified atom stereocenters. The number of hydrogen-bond donors (Lipinski definition) is 0. The van der Waals surface area contributed by atoms with E-state index in [4.69, 9.17) is 4.74 Å². The van der Waals surface area contributed by atoms with Crippen LogP contribution in [0.3, 0.4) is 0 Å². The van der Waals surface area contributed by atoms with Crippen LogP contribution < -0.4 is 0 Å². The van der Waals surface area contributed by atoms with Crippen LogP contribution in [0.15, 0.2) is 77.1 Å². The molecule has 178 valence electrons. The summed E-state index contributed by atoms with van der Waals surface area (Å²) in [5.74, 6) is 0.0599. The van der Waals surface area contributed by atoms with Crippen molar-refractivity contribution in [3.8, 4) is 0 Å². The van der Waals surface area contributed by atoms with Crippen molar-refractivity contribution < 1.29 is 18.3 Å². The highest BCUT2D eigenvalue weighted by Crippen LogP contribution is 2.35. The van der Waals surface area contributed by atoms with Crippen LogP contribution in [0.25, 0.3) is 0 Å². The Bertz CT molecular complexity index is 896. The Morgan fingerprint density at radius 3 is 2.67 bits per heavy atom. The van der Waals surface area contributed by atoms with Gasteiger partial charge in [-0.15, -0.1) is 0 Å². The molecule has 0 N–H and O–H groups in total. The summed E-state index contributed by atoms with van der Waals surface area (Å²) < 4.78 is 30.5. The fourth-order valence-electron chi connectivity index (χ4n) is 4.11. The van der Waals surface area contributed by atoms with E-state index in [1.807, 2.05) is 18.2 Å². The van der Waals surface area contributed by atoms with Crippen LogP contribution in [0.5, 0.6) is 0 Å². The highest BCUT2D eigenvalue weighted by atomic mass is 19.3. The Morgan fingerprint density at radius 2 is 2.03 bits per heavy atom. The summed E-state index contributed by atoms with van der Waals surface area (Å²) in [6.45, 7) is 8.56. The molecule has 2 rings (SSSR count). The molecule has 5 heteroatoms. The number of rotatable bonds is 13. The van der Waals surface area contributed by atoms with Crippen molar-refractivity contribution in [1.29, 1.82) is 0 Å². The monoisotopic (exact) mass is 455 g/mol. The first kappa shape index (κ1) is 26.6. The number of ketones is 1. The third-order valence-corrected chi connectivity index (χ3v) is 5.87. The van der Waals surface area contributed by atoms with Crippen molar-refractivity contribution in [2.45, 2.75) is 70.1 Å². The number of aliphatic imine (C=N–C) groups is 1. The lowest BCUT2D eigenvalue weighted by molar-refractivity contribution is -0.115. The molecule has 0 aliphatic heterocycles. The zero-order chi connectivity index (χ0) is 24.1. The van der Waals surface area contributed by atoms with E-state index in [1.54, 1.807) is 7.11 Å². The average Bonchev–Trinajstić information content (AvgIpc) is 2.81. The molecule has 1 aliphatic rings. The van der Waals surface area contributed by atoms with Gasteiger partial charge in [-0.3, -0.25) is 4.79 Å². The summed E-state index contributed by atoms with van der Waals surface area (Å²) in [6, 6.07) is 10.3. The van der Waals surface area contributed by atoms with Gasteiger partial charge in [0.2, 0.25) is 6.43 Å². The highest BCUT2D eigenvalue weighted by molar-refractivity contribution is 6.00. The molecule has 0 saturated heterocycles. The second-order valence-corrected chi connectivity index (χ2v) is 8.43. The lowest BCUT2D eigenvalue weighted by Crippen LogP contribution is -2.16. The van der Waals surface area contributed by atoms with Crippen LogP contribution in [0.1, 0.15) is 69.3 Å². The number of allylic oxidation sites excluding steroid dienone is 4. The number of methoxy groups -OCH3 is 1. The van der Waals surface area contributed by atoms with Gasteiger partial charge in [0.1, 0.15) is 5.70 Å². The number of halogens is 2. The largest absolute Gasteiger partial charge is 0.385 e. The number of alkyl halides is 2. The predicted molar refractivity (Wildman–Crippen MR) is 131 cm³/mol. The quantitative estimate of drug-likeness (QED) is 0.135. The van der Waals surface area contributed by atoms with E-state index in [0.717, 1.165) is 49.0 Å². The van der Waals surface area contributed by atoms with Crippen LogP contribution in [0, 0.1) is 0 Å². The number of benzene rings is 1. The van der Waals surface area contributed by atoms with E-state index in [1.165, 1.54) is 11.6 Å². The Labute approximate surface area is 196 Å². The van der Waals surface area contributed by atoms with Crippen molar-refractivity contribution in [2.75, 3.05) is 13.7 Å². The van der Waals surface area contributed by atoms with Crippen molar-refractivity contribution in [1.82, 2.24) is 0 Å². The fraction of sp³-hybridized carbons (Fsp3) is 0.464. The molecule has 1 saturated carbocycles. The van der Waals surface area contributed by atoms with Gasteiger partial charge in [0.05, 0.1) is 0 Å². The third kappa shape index (κ3) is 9.41. The molecule has 1 aromatic rings. The van der Waals surface area contributed by atoms with Crippen molar-refractivity contribution in [2.24, 2.45) is 4.99 Å². The number of hydrogen-bond acceptors (Lipinski definition) is 3. The first-order chi connectivity index (χ1) is 15.9. The Morgan fingerprint density at radius 1 is 1.27 bits per heavy atom. The summed E-state index contributed by atoms with van der Waals surface area (Å²) >= 11 is 0. The van der Waals surface area contributed by atoms with Gasteiger partial charge < -0.3 is 4.74 Å². The third-order valence-electron chi connectivity index (χ3n) is 5.87. The SMILES string of the molecule is C=C=C(N=C1CC[C@H](c2ccccc2)C(=C)C1)C(=O)C/C(=C/CC(F)F)CCCCCOC. The molecule has 0 heterocycles. The first-order valence-electron chi connectivity index (χ1n) is 11.6. The molecular weight excluding hydrogens is 420 g/mol. The molecule has 1 fully saturated rings. The van der Waals surface area contributed by atoms with Crippen LogP contribution in [0.2, 0.25) is 0 Å². The smallest absolute Gasteiger partial charge is 0.242 e. The minimum absolute atomic E-state index is 0.0687. The maximum atomic E-state index is 12.9. The molecule has 0 bridgehead atoms. The fourth-order valence-corrected chi connectivity index (χ4v) is 4.11. The zero-order valence-electron chi connectivity index (χ0n) is 19.6. The molecule has 33 heavy (non-hydrogen) atoms. The standard InChI is InChI=1S/C28H35F2NO2/c1-4-26(27(32)20-22(14-17-28(29)30)11-7-6-10-18-33-3)31-24-15-16-25(21(2)19-24)23-12-8-5-9-13-23/h5,8-9,12-14,25,28H,1-2,6-7,10-11,15-20H2,3H3/b22-14+,31-24?/t25-/m0/s1. The molecule has 0 amide bonds. The highest BCUT2D eigenvalue weighted by Gasteiger charge is 2.23. The van der Waals surface area contributed by atoms with Gasteiger partial charge in [-0.1, -0.05) is 72.9 Å². The molecule has 0 aromatic heterocycles. The number of ether oxygens (including phenoxy) is 1. The van der Waals surface area contributed by atoms with E-state index < -0.39 is 6.43 Å². The molecular formula is C28H35F2NO2. The maximum Gasteiger partial charge on any atom is 0.242 e. The van der Waals surface area contributed by atoms with Crippen LogP contribution in [0.4, 0.5) is 8.78 Å². The van der Waals surface area contributed by atoms with Crippen molar-refractivity contribution in [3.63, 3.8) is 0 Å². The number of Topliss-reactive ketones (excluding diaryl/α,β-unsaturated/α-hetero) is 1. The van der Waals surface area contributed by atoms with Gasteiger partial charge in [-0.2, -0.15) is 0 Å². The molecule has 1 aromatic carbocycles. The van der Waals surface area contributed by atoms with E-state index in [2.05, 4.69) is 36.0 Å². The lowest BCUT2D eigenvalue weighted by atomic mass is 9.80. The van der Waals surface area contributed by atoms with Crippen molar-refractivity contribution in [3.05, 3.63) is 77.7 Å². The molecule has 0 radical (unpaired) electrons. The van der Waals surface area contributed by atoms with E-state index in [-0.39, 0.29) is 24.3 Å². The summed E-state index contributed by atoms with van der Waals surface area (Å²) in [5, 5.41) is 0. The molecule has 1 atom stereocenters. The first-order valence-corrected chi connectivity index (χ1v) is 11.6. The van der Waals surface area contributed by atoms with Gasteiger partial charge in [0.15, 0.2) is 5.78 Å². The molecule has 0 spiro atoms. The van der Waals surface area contributed by atoms with Crippen LogP contribution in [-0.4, -0.2) is 31.6 Å². The van der Waals surface area contributed by atoms with Crippen LogP contribution >= 0.6 is 0 Å². The zero-order valence-corrected chi connectivity index (χ0v) is 19.6. The van der Waals surface area contributed by atoms with Crippen molar-refractivity contribution >= 4 is 11.5 Å². The van der Waals surface area contributed by atoms with Gasteiger partial charge in [0, 0.05) is 44.6 Å². The average molecular weight is 456 g/mol. The minimum Gasteiger partial charge on any atom is -0.385 e. The summed E-state index contributed by atoms with van der Waals surface area (Å²) in [4.78, 5) is 17.4. The second-order valence-electron chi connectivity index (χ2n) is 8.43. The van der Waals surface area contributed by atoms with Gasteiger partial charge >= 0.3 is 0 Å². The Kier molecular flexibility index (Phi) is 11.7. The Balaban J connectivity index is 2.00. The lowest BCUT2D eigenvalue weighted by Gasteiger charge is -2.26. The maximum absolute atomic E-state index is 12.9. The number of carbonyl (C=O) groups is 1. The number of unbranched alkanes of at least 4 members (excludes halogenated alkanes) is 2. The second kappa shape index (κ2) is 14.5. The van der Waals surface area contributed by atoms with E-state index >= 15 is 0 Å². The molecule has 1 aliphatic carbocycles. The summed E-state index contributed by atoms with van der Waals surface area (Å²) in [7, 11) is 1.65. The van der Waals surface area contributed by atoms with Gasteiger partial charge in [-0.25, -0.2) is 13.8 Å². The minimum atomic E-state index is -2.43. The topological polar surface area (TPSA) is 38.7 Å². The number of nitrogens with zero attached hydrogens (tertiary/aromatic N) is 1. The van der Waals surface area contributed by atoms with E-state index in [0.29, 0.717) is 25.4 Å². The van der Waals surface area contributed by atoms with Gasteiger partial charge in [-0.05, 0) is 37.7 Å². The van der Waals surface area contributed by atoms with E-state index in [9.17, 15) is 13.6 Å². The predicted octanol–water partition coefficient (Wildman–Crippen LogP) is 7.37. The number of carbonyl (C=O) groups excluding carboxylic acids is 1. The molecule has 3 nitrogen and oxygen atoms in total. The Hall–Kier alpha value is -2.62. The van der Waals surface area contributed by atoms with Gasteiger partial charge in [0.25, 0.3) is 0 Å².